The molecule has 1 aromatic heterocycles. The van der Waals surface area contributed by atoms with E-state index in [1.165, 1.54) is 6.07 Å². The Labute approximate surface area is 150 Å². The molecule has 0 aliphatic heterocycles. The maximum absolute atomic E-state index is 12.7. The molecule has 0 radical (unpaired) electrons. The Morgan fingerprint density at radius 2 is 1.92 bits per heavy atom. The highest BCUT2D eigenvalue weighted by Gasteiger charge is 2.23. The van der Waals surface area contributed by atoms with E-state index in [9.17, 15) is 18.5 Å². The predicted molar refractivity (Wildman–Crippen MR) is 97.3 cm³/mol. The lowest BCUT2D eigenvalue weighted by Crippen LogP contribution is -2.25. The molecule has 0 aliphatic rings. The molecule has 26 heavy (non-hydrogen) atoms. The quantitative estimate of drug-likeness (QED) is 0.545. The Kier molecular flexibility index (Phi) is 4.51. The minimum atomic E-state index is -3.93. The summed E-state index contributed by atoms with van der Waals surface area (Å²) in [5, 5.41) is 11.0. The van der Waals surface area contributed by atoms with Crippen molar-refractivity contribution >= 4 is 26.7 Å². The highest BCUT2D eigenvalue weighted by molar-refractivity contribution is 7.89. The monoisotopic (exact) mass is 374 g/mol. The molecular formula is C17H18N4O4S. The summed E-state index contributed by atoms with van der Waals surface area (Å²) < 4.78 is 29.7. The largest absolute Gasteiger partial charge is 0.330 e. The number of nitro groups is 1. The van der Waals surface area contributed by atoms with Gasteiger partial charge in [-0.3, -0.25) is 10.1 Å². The van der Waals surface area contributed by atoms with Crippen LogP contribution in [-0.2, 0) is 23.6 Å². The molecule has 1 N–H and O–H groups in total. The standard InChI is InChI=1S/C17H18N4O4S/c1-11-8-13(21(22)23)9-16(12(11)2)26(24,25)18-10-17-19-14-6-4-5-7-15(14)20(17)3/h4-9,18H,10H2,1-3H3. The third-order valence-electron chi connectivity index (χ3n) is 4.40. The molecule has 3 aromatic rings. The first-order valence-electron chi connectivity index (χ1n) is 7.86. The van der Waals surface area contributed by atoms with Crippen molar-refractivity contribution in [1.29, 1.82) is 0 Å². The molecule has 0 unspecified atom stereocenters. The Morgan fingerprint density at radius 3 is 2.58 bits per heavy atom. The van der Waals surface area contributed by atoms with Gasteiger partial charge in [0.2, 0.25) is 10.0 Å². The Bertz CT molecular complexity index is 1120. The van der Waals surface area contributed by atoms with Gasteiger partial charge in [-0.15, -0.1) is 0 Å². The molecule has 0 aliphatic carbocycles. The van der Waals surface area contributed by atoms with Crippen LogP contribution in [0.2, 0.25) is 0 Å². The van der Waals surface area contributed by atoms with E-state index in [0.717, 1.165) is 17.1 Å². The Hall–Kier alpha value is -2.78. The van der Waals surface area contributed by atoms with Crippen LogP contribution in [0.25, 0.3) is 11.0 Å². The predicted octanol–water partition coefficient (Wildman–Crippen LogP) is 2.58. The van der Waals surface area contributed by atoms with Gasteiger partial charge in [-0.05, 0) is 37.1 Å². The number of hydrogen-bond donors (Lipinski definition) is 1. The van der Waals surface area contributed by atoms with Crippen LogP contribution >= 0.6 is 0 Å². The van der Waals surface area contributed by atoms with Crippen molar-refractivity contribution in [2.45, 2.75) is 25.3 Å². The fourth-order valence-electron chi connectivity index (χ4n) is 2.78. The second-order valence-corrected chi connectivity index (χ2v) is 7.78. The number of hydrogen-bond acceptors (Lipinski definition) is 5. The SMILES string of the molecule is Cc1cc([N+](=O)[O-])cc(S(=O)(=O)NCc2nc3ccccc3n2C)c1C. The van der Waals surface area contributed by atoms with Gasteiger partial charge in [0.15, 0.2) is 0 Å². The number of nitrogens with one attached hydrogen (secondary N) is 1. The summed E-state index contributed by atoms with van der Waals surface area (Å²) in [6.07, 6.45) is 0. The summed E-state index contributed by atoms with van der Waals surface area (Å²) in [4.78, 5) is 14.8. The molecule has 0 bridgehead atoms. The Balaban J connectivity index is 1.94. The maximum Gasteiger partial charge on any atom is 0.271 e. The molecule has 9 heteroatoms. The van der Waals surface area contributed by atoms with Gasteiger partial charge in [-0.25, -0.2) is 18.1 Å². The minimum Gasteiger partial charge on any atom is -0.330 e. The number of non-ortho nitro benzene ring substituents is 1. The summed E-state index contributed by atoms with van der Waals surface area (Å²) in [7, 11) is -2.12. The zero-order valence-corrected chi connectivity index (χ0v) is 15.4. The first kappa shape index (κ1) is 18.0. The molecule has 0 atom stereocenters. The van der Waals surface area contributed by atoms with Crippen molar-refractivity contribution in [3.63, 3.8) is 0 Å². The van der Waals surface area contributed by atoms with E-state index in [2.05, 4.69) is 9.71 Å². The van der Waals surface area contributed by atoms with E-state index in [1.807, 2.05) is 35.9 Å². The van der Waals surface area contributed by atoms with Gasteiger partial charge in [-0.2, -0.15) is 0 Å². The average molecular weight is 374 g/mol. The lowest BCUT2D eigenvalue weighted by molar-refractivity contribution is -0.385. The van der Waals surface area contributed by atoms with E-state index in [1.54, 1.807) is 13.8 Å². The zero-order valence-electron chi connectivity index (χ0n) is 14.6. The number of rotatable bonds is 5. The first-order valence-corrected chi connectivity index (χ1v) is 9.34. The smallest absolute Gasteiger partial charge is 0.271 e. The summed E-state index contributed by atoms with van der Waals surface area (Å²) in [5.41, 5.74) is 2.43. The lowest BCUT2D eigenvalue weighted by atomic mass is 10.1. The topological polar surface area (TPSA) is 107 Å². The minimum absolute atomic E-state index is 0.0192. The summed E-state index contributed by atoms with van der Waals surface area (Å²) in [6, 6.07) is 9.93. The van der Waals surface area contributed by atoms with Crippen molar-refractivity contribution in [3.8, 4) is 0 Å². The van der Waals surface area contributed by atoms with Crippen LogP contribution in [0.4, 0.5) is 5.69 Å². The molecule has 2 aromatic carbocycles. The van der Waals surface area contributed by atoms with Crippen molar-refractivity contribution in [2.75, 3.05) is 0 Å². The highest BCUT2D eigenvalue weighted by Crippen LogP contribution is 2.25. The number of fused-ring (bicyclic) bond motifs is 1. The van der Waals surface area contributed by atoms with Crippen molar-refractivity contribution < 1.29 is 13.3 Å². The fraction of sp³-hybridized carbons (Fsp3) is 0.235. The summed E-state index contributed by atoms with van der Waals surface area (Å²) in [6.45, 7) is 3.25. The third-order valence-corrected chi connectivity index (χ3v) is 5.93. The van der Waals surface area contributed by atoms with Crippen LogP contribution in [-0.4, -0.2) is 22.9 Å². The molecule has 8 nitrogen and oxygen atoms in total. The van der Waals surface area contributed by atoms with Crippen LogP contribution < -0.4 is 4.72 Å². The average Bonchev–Trinajstić information content (AvgIpc) is 2.91. The maximum atomic E-state index is 12.7. The lowest BCUT2D eigenvalue weighted by Gasteiger charge is -2.11. The van der Waals surface area contributed by atoms with Crippen LogP contribution in [0.1, 0.15) is 17.0 Å². The number of nitro benzene ring substituents is 1. The third kappa shape index (κ3) is 3.18. The van der Waals surface area contributed by atoms with Gasteiger partial charge < -0.3 is 4.57 Å². The molecule has 1 heterocycles. The van der Waals surface area contributed by atoms with Crippen LogP contribution in [0.15, 0.2) is 41.3 Å². The van der Waals surface area contributed by atoms with Crippen LogP contribution in [0, 0.1) is 24.0 Å². The van der Waals surface area contributed by atoms with E-state index in [0.29, 0.717) is 17.0 Å². The number of aromatic nitrogens is 2. The van der Waals surface area contributed by atoms with Gasteiger partial charge in [0.1, 0.15) is 5.82 Å². The number of sulfonamides is 1. The summed E-state index contributed by atoms with van der Waals surface area (Å²) in [5.74, 6) is 0.551. The molecule has 3 rings (SSSR count). The first-order chi connectivity index (χ1) is 12.2. The Morgan fingerprint density at radius 1 is 1.23 bits per heavy atom. The number of aryl methyl sites for hydroxylation is 2. The van der Waals surface area contributed by atoms with Crippen molar-refractivity contribution in [3.05, 3.63) is 63.5 Å². The molecule has 0 saturated heterocycles. The number of benzene rings is 2. The second kappa shape index (κ2) is 6.50. The number of imidazole rings is 1. The van der Waals surface area contributed by atoms with E-state index in [-0.39, 0.29) is 17.1 Å². The second-order valence-electron chi connectivity index (χ2n) is 6.04. The normalized spacial score (nSPS) is 11.8. The highest BCUT2D eigenvalue weighted by atomic mass is 32.2. The fourth-order valence-corrected chi connectivity index (χ4v) is 4.10. The van der Waals surface area contributed by atoms with Gasteiger partial charge in [0.05, 0.1) is 27.4 Å². The van der Waals surface area contributed by atoms with E-state index in [4.69, 9.17) is 0 Å². The zero-order chi connectivity index (χ0) is 19.1. The molecule has 136 valence electrons. The number of nitrogens with zero attached hydrogens (tertiary/aromatic N) is 3. The molecule has 0 spiro atoms. The molecule has 0 fully saturated rings. The van der Waals surface area contributed by atoms with Crippen molar-refractivity contribution in [1.82, 2.24) is 14.3 Å². The van der Waals surface area contributed by atoms with E-state index >= 15 is 0 Å². The molecular weight excluding hydrogens is 356 g/mol. The van der Waals surface area contributed by atoms with Crippen LogP contribution in [0.3, 0.4) is 0 Å². The van der Waals surface area contributed by atoms with Crippen LogP contribution in [0.5, 0.6) is 0 Å². The van der Waals surface area contributed by atoms with Crippen molar-refractivity contribution in [2.24, 2.45) is 7.05 Å². The van der Waals surface area contributed by atoms with Gasteiger partial charge in [-0.1, -0.05) is 12.1 Å². The molecule has 0 amide bonds. The van der Waals surface area contributed by atoms with E-state index < -0.39 is 14.9 Å². The van der Waals surface area contributed by atoms with Gasteiger partial charge in [0.25, 0.3) is 5.69 Å². The van der Waals surface area contributed by atoms with Gasteiger partial charge in [0, 0.05) is 19.2 Å². The number of para-hydroxylation sites is 2. The molecule has 0 saturated carbocycles. The van der Waals surface area contributed by atoms with Gasteiger partial charge >= 0.3 is 0 Å². The summed E-state index contributed by atoms with van der Waals surface area (Å²) >= 11 is 0.